The largest absolute Gasteiger partial charge is 0.355 e. The molecule has 3 nitrogen and oxygen atoms in total. The predicted molar refractivity (Wildman–Crippen MR) is 105 cm³/mol. The molecule has 2 unspecified atom stereocenters. The third-order valence-electron chi connectivity index (χ3n) is 5.43. The first-order chi connectivity index (χ1) is 11.6. The van der Waals surface area contributed by atoms with E-state index in [0.29, 0.717) is 6.54 Å². The summed E-state index contributed by atoms with van der Waals surface area (Å²) in [7, 11) is 0. The maximum absolute atomic E-state index is 12.6. The van der Waals surface area contributed by atoms with Crippen molar-refractivity contribution in [2.45, 2.75) is 37.6 Å². The fourth-order valence-electron chi connectivity index (χ4n) is 3.51. The van der Waals surface area contributed by atoms with Gasteiger partial charge < -0.3 is 11.1 Å². The second-order valence-electron chi connectivity index (χ2n) is 6.94. The molecule has 25 heavy (non-hydrogen) atoms. The van der Waals surface area contributed by atoms with Crippen molar-refractivity contribution >= 4 is 18.3 Å². The second kappa shape index (κ2) is 8.50. The SMILES string of the molecule is CC(C(=O)NCC1(c2ccccc2)CCC1)C(N)c1ccccc1.Cl. The molecule has 0 bridgehead atoms. The molecule has 0 heterocycles. The van der Waals surface area contributed by atoms with Crippen LogP contribution in [0.1, 0.15) is 43.4 Å². The van der Waals surface area contributed by atoms with Gasteiger partial charge >= 0.3 is 0 Å². The topological polar surface area (TPSA) is 55.1 Å². The molecule has 0 aliphatic heterocycles. The van der Waals surface area contributed by atoms with Crippen LogP contribution in [0.3, 0.4) is 0 Å². The maximum atomic E-state index is 12.6. The van der Waals surface area contributed by atoms with Gasteiger partial charge in [0.05, 0.1) is 5.92 Å². The van der Waals surface area contributed by atoms with Crippen LogP contribution >= 0.6 is 12.4 Å². The average Bonchev–Trinajstić information content (AvgIpc) is 2.61. The molecule has 1 aliphatic rings. The van der Waals surface area contributed by atoms with Gasteiger partial charge in [-0.3, -0.25) is 4.79 Å². The number of benzene rings is 2. The van der Waals surface area contributed by atoms with Crippen molar-refractivity contribution < 1.29 is 4.79 Å². The Morgan fingerprint density at radius 1 is 1.08 bits per heavy atom. The molecule has 1 amide bonds. The van der Waals surface area contributed by atoms with Crippen molar-refractivity contribution in [1.82, 2.24) is 5.32 Å². The van der Waals surface area contributed by atoms with E-state index in [9.17, 15) is 4.79 Å². The van der Waals surface area contributed by atoms with E-state index in [0.717, 1.165) is 18.4 Å². The van der Waals surface area contributed by atoms with Crippen molar-refractivity contribution in [2.75, 3.05) is 6.54 Å². The second-order valence-corrected chi connectivity index (χ2v) is 6.94. The van der Waals surface area contributed by atoms with Crippen LogP contribution in [0.25, 0.3) is 0 Å². The minimum Gasteiger partial charge on any atom is -0.355 e. The lowest BCUT2D eigenvalue weighted by Crippen LogP contribution is -2.47. The standard InChI is InChI=1S/C21H26N2O.ClH/c1-16(19(22)17-9-4-2-5-10-17)20(24)23-15-21(13-8-14-21)18-11-6-3-7-12-18;/h2-7,9-12,16,19H,8,13-15,22H2,1H3,(H,23,24);1H. The van der Waals surface area contributed by atoms with E-state index >= 15 is 0 Å². The number of hydrogen-bond acceptors (Lipinski definition) is 2. The molecule has 1 aliphatic carbocycles. The highest BCUT2D eigenvalue weighted by Gasteiger charge is 2.39. The molecule has 0 radical (unpaired) electrons. The van der Waals surface area contributed by atoms with Crippen LogP contribution in [-0.4, -0.2) is 12.5 Å². The van der Waals surface area contributed by atoms with E-state index in [4.69, 9.17) is 5.73 Å². The van der Waals surface area contributed by atoms with Crippen molar-refractivity contribution in [2.24, 2.45) is 11.7 Å². The number of carbonyl (C=O) groups excluding carboxylic acids is 1. The molecule has 1 saturated carbocycles. The molecule has 1 fully saturated rings. The Kier molecular flexibility index (Phi) is 6.63. The van der Waals surface area contributed by atoms with Crippen LogP contribution in [-0.2, 0) is 10.2 Å². The molecule has 0 spiro atoms. The number of amides is 1. The summed E-state index contributed by atoms with van der Waals surface area (Å²) in [6.45, 7) is 2.60. The third kappa shape index (κ3) is 4.23. The van der Waals surface area contributed by atoms with Gasteiger partial charge in [0.25, 0.3) is 0 Å². The molecular formula is C21H27ClN2O. The first kappa shape index (κ1) is 19.5. The Morgan fingerprint density at radius 2 is 1.64 bits per heavy atom. The lowest BCUT2D eigenvalue weighted by Gasteiger charge is -2.43. The van der Waals surface area contributed by atoms with Gasteiger partial charge in [-0.05, 0) is 24.0 Å². The minimum absolute atomic E-state index is 0. The Labute approximate surface area is 156 Å². The average molecular weight is 359 g/mol. The highest BCUT2D eigenvalue weighted by Crippen LogP contribution is 2.43. The fraction of sp³-hybridized carbons (Fsp3) is 0.381. The van der Waals surface area contributed by atoms with E-state index in [-0.39, 0.29) is 35.7 Å². The Morgan fingerprint density at radius 3 is 2.16 bits per heavy atom. The van der Waals surface area contributed by atoms with Crippen LogP contribution in [0.5, 0.6) is 0 Å². The molecule has 2 aromatic rings. The number of nitrogens with two attached hydrogens (primary N) is 1. The molecule has 134 valence electrons. The Balaban J connectivity index is 0.00000225. The number of rotatable bonds is 6. The first-order valence-corrected chi connectivity index (χ1v) is 8.76. The molecule has 0 aromatic heterocycles. The molecule has 0 saturated heterocycles. The number of hydrogen-bond donors (Lipinski definition) is 2. The zero-order chi connectivity index (χ0) is 17.0. The molecule has 2 atom stereocenters. The lowest BCUT2D eigenvalue weighted by molar-refractivity contribution is -0.125. The number of carbonyl (C=O) groups is 1. The zero-order valence-corrected chi connectivity index (χ0v) is 15.5. The quantitative estimate of drug-likeness (QED) is 0.820. The maximum Gasteiger partial charge on any atom is 0.224 e. The van der Waals surface area contributed by atoms with Gasteiger partial charge in [-0.15, -0.1) is 12.4 Å². The van der Waals surface area contributed by atoms with E-state index in [1.807, 2.05) is 43.3 Å². The van der Waals surface area contributed by atoms with E-state index in [1.54, 1.807) is 0 Å². The van der Waals surface area contributed by atoms with E-state index in [1.165, 1.54) is 12.0 Å². The van der Waals surface area contributed by atoms with Gasteiger partial charge in [0.2, 0.25) is 5.91 Å². The van der Waals surface area contributed by atoms with Crippen LogP contribution in [0.2, 0.25) is 0 Å². The number of halogens is 1. The zero-order valence-electron chi connectivity index (χ0n) is 14.7. The monoisotopic (exact) mass is 358 g/mol. The highest BCUT2D eigenvalue weighted by molar-refractivity contribution is 5.85. The van der Waals surface area contributed by atoms with Gasteiger partial charge in [0.1, 0.15) is 0 Å². The Hall–Kier alpha value is -1.84. The Bertz CT molecular complexity index is 671. The summed E-state index contributed by atoms with van der Waals surface area (Å²) in [5.41, 5.74) is 8.71. The van der Waals surface area contributed by atoms with Gasteiger partial charge in [-0.1, -0.05) is 74.0 Å². The van der Waals surface area contributed by atoms with Gasteiger partial charge in [0, 0.05) is 18.0 Å². The summed E-state index contributed by atoms with van der Waals surface area (Å²) in [5, 5.41) is 3.16. The van der Waals surface area contributed by atoms with Crippen LogP contribution < -0.4 is 11.1 Å². The molecular weight excluding hydrogens is 332 g/mol. The summed E-state index contributed by atoms with van der Waals surface area (Å²) in [6.07, 6.45) is 3.50. The van der Waals surface area contributed by atoms with Crippen LogP contribution in [0.4, 0.5) is 0 Å². The minimum atomic E-state index is -0.278. The summed E-state index contributed by atoms with van der Waals surface area (Å²) in [4.78, 5) is 12.6. The molecule has 4 heteroatoms. The van der Waals surface area contributed by atoms with Gasteiger partial charge in [-0.25, -0.2) is 0 Å². The molecule has 3 N–H and O–H groups in total. The van der Waals surface area contributed by atoms with Crippen LogP contribution in [0, 0.1) is 5.92 Å². The lowest BCUT2D eigenvalue weighted by atomic mass is 9.64. The van der Waals surface area contributed by atoms with Crippen molar-refractivity contribution in [3.8, 4) is 0 Å². The van der Waals surface area contributed by atoms with Gasteiger partial charge in [0.15, 0.2) is 0 Å². The molecule has 3 rings (SSSR count). The fourth-order valence-corrected chi connectivity index (χ4v) is 3.51. The van der Waals surface area contributed by atoms with Gasteiger partial charge in [-0.2, -0.15) is 0 Å². The predicted octanol–water partition coefficient (Wildman–Crippen LogP) is 3.98. The first-order valence-electron chi connectivity index (χ1n) is 8.76. The van der Waals surface area contributed by atoms with Crippen molar-refractivity contribution in [3.05, 3.63) is 71.8 Å². The number of nitrogens with one attached hydrogen (secondary N) is 1. The third-order valence-corrected chi connectivity index (χ3v) is 5.43. The molecule has 2 aromatic carbocycles. The summed E-state index contributed by atoms with van der Waals surface area (Å²) < 4.78 is 0. The van der Waals surface area contributed by atoms with Crippen molar-refractivity contribution in [1.29, 1.82) is 0 Å². The van der Waals surface area contributed by atoms with E-state index in [2.05, 4.69) is 29.6 Å². The van der Waals surface area contributed by atoms with E-state index < -0.39 is 0 Å². The van der Waals surface area contributed by atoms with Crippen molar-refractivity contribution in [3.63, 3.8) is 0 Å². The van der Waals surface area contributed by atoms with Crippen LogP contribution in [0.15, 0.2) is 60.7 Å². The summed E-state index contributed by atoms with van der Waals surface area (Å²) in [5.74, 6) is -0.214. The normalized spacial score (nSPS) is 17.5. The highest BCUT2D eigenvalue weighted by atomic mass is 35.5. The summed E-state index contributed by atoms with van der Waals surface area (Å²) >= 11 is 0. The smallest absolute Gasteiger partial charge is 0.224 e. The summed E-state index contributed by atoms with van der Waals surface area (Å²) in [6, 6.07) is 20.1.